The average Bonchev–Trinajstić information content (AvgIpc) is 2.63. The number of rotatable bonds is 7. The second-order valence-corrected chi connectivity index (χ2v) is 4.07. The van der Waals surface area contributed by atoms with E-state index in [1.54, 1.807) is 0 Å². The van der Waals surface area contributed by atoms with Crippen LogP contribution in [-0.2, 0) is 0 Å². The molecule has 0 aromatic carbocycles. The predicted molar refractivity (Wildman–Crippen MR) is 58.9 cm³/mol. The van der Waals surface area contributed by atoms with E-state index in [0.717, 1.165) is 6.04 Å². The molecule has 1 nitrogen and oxygen atoms in total. The quantitative estimate of drug-likeness (QED) is 0.469. The van der Waals surface area contributed by atoms with Crippen molar-refractivity contribution in [3.8, 4) is 0 Å². The molecule has 0 aromatic heterocycles. The summed E-state index contributed by atoms with van der Waals surface area (Å²) in [6, 6.07) is 0.847. The normalized spacial score (nSPS) is 17.8. The van der Waals surface area contributed by atoms with Crippen molar-refractivity contribution < 1.29 is 0 Å². The molecule has 0 heterocycles. The van der Waals surface area contributed by atoms with Crippen molar-refractivity contribution in [3.05, 3.63) is 12.7 Å². The zero-order valence-corrected chi connectivity index (χ0v) is 8.73. The first-order chi connectivity index (χ1) is 6.43. The predicted octanol–water partition coefficient (Wildman–Crippen LogP) is 3.27. The topological polar surface area (TPSA) is 12.0 Å². The van der Waals surface area contributed by atoms with Gasteiger partial charge < -0.3 is 5.32 Å². The summed E-state index contributed by atoms with van der Waals surface area (Å²) in [5, 5.41) is 3.63. The minimum absolute atomic E-state index is 0.847. The molecule has 1 rings (SSSR count). The molecule has 1 aliphatic rings. The summed E-state index contributed by atoms with van der Waals surface area (Å²) < 4.78 is 0. The van der Waals surface area contributed by atoms with Gasteiger partial charge in [-0.2, -0.15) is 0 Å². The summed E-state index contributed by atoms with van der Waals surface area (Å²) >= 11 is 0. The van der Waals surface area contributed by atoms with Gasteiger partial charge in [0.1, 0.15) is 0 Å². The van der Waals surface area contributed by atoms with Gasteiger partial charge in [0.15, 0.2) is 0 Å². The van der Waals surface area contributed by atoms with Gasteiger partial charge in [-0.05, 0) is 38.6 Å². The van der Waals surface area contributed by atoms with Crippen molar-refractivity contribution >= 4 is 0 Å². The molecule has 0 spiro atoms. The van der Waals surface area contributed by atoms with Crippen molar-refractivity contribution in [2.75, 3.05) is 6.54 Å². The van der Waals surface area contributed by atoms with Crippen LogP contribution >= 0.6 is 0 Å². The van der Waals surface area contributed by atoms with Crippen LogP contribution in [0.15, 0.2) is 12.7 Å². The van der Waals surface area contributed by atoms with E-state index in [4.69, 9.17) is 0 Å². The van der Waals surface area contributed by atoms with Crippen molar-refractivity contribution in [3.63, 3.8) is 0 Å². The minimum atomic E-state index is 0.847. The fraction of sp³-hybridized carbons (Fsp3) is 0.833. The maximum atomic E-state index is 3.73. The molecule has 0 amide bonds. The number of unbranched alkanes of at least 4 members (excludes halogenated alkanes) is 3. The van der Waals surface area contributed by atoms with E-state index in [1.807, 2.05) is 6.08 Å². The molecule has 0 aromatic rings. The molecule has 0 bridgehead atoms. The third-order valence-corrected chi connectivity index (χ3v) is 2.87. The Morgan fingerprint density at radius 3 is 2.62 bits per heavy atom. The number of allylic oxidation sites excluding steroid dienone is 1. The van der Waals surface area contributed by atoms with Crippen LogP contribution in [0.1, 0.15) is 51.4 Å². The van der Waals surface area contributed by atoms with Crippen LogP contribution in [0.3, 0.4) is 0 Å². The van der Waals surface area contributed by atoms with Gasteiger partial charge in [-0.1, -0.05) is 25.3 Å². The van der Waals surface area contributed by atoms with Crippen LogP contribution in [0, 0.1) is 0 Å². The lowest BCUT2D eigenvalue weighted by Crippen LogP contribution is -2.26. The highest BCUT2D eigenvalue weighted by molar-refractivity contribution is 4.73. The molecule has 1 aliphatic carbocycles. The highest BCUT2D eigenvalue weighted by Crippen LogP contribution is 2.17. The molecule has 0 atom stereocenters. The van der Waals surface area contributed by atoms with E-state index in [1.165, 1.54) is 57.9 Å². The largest absolute Gasteiger partial charge is 0.314 e. The summed E-state index contributed by atoms with van der Waals surface area (Å²) in [7, 11) is 0. The summed E-state index contributed by atoms with van der Waals surface area (Å²) in [4.78, 5) is 0. The fourth-order valence-electron chi connectivity index (χ4n) is 2.03. The van der Waals surface area contributed by atoms with Gasteiger partial charge in [0.05, 0.1) is 0 Å². The molecule has 1 fully saturated rings. The Kier molecular flexibility index (Phi) is 5.92. The highest BCUT2D eigenvalue weighted by Gasteiger charge is 2.12. The second-order valence-electron chi connectivity index (χ2n) is 4.07. The first-order valence-corrected chi connectivity index (χ1v) is 5.78. The molecule has 0 unspecified atom stereocenters. The van der Waals surface area contributed by atoms with Crippen molar-refractivity contribution in [1.29, 1.82) is 0 Å². The number of nitrogens with one attached hydrogen (secondary N) is 1. The molecule has 0 aliphatic heterocycles. The van der Waals surface area contributed by atoms with Crippen LogP contribution in [0.4, 0.5) is 0 Å². The van der Waals surface area contributed by atoms with E-state index < -0.39 is 0 Å². The number of hydrogen-bond acceptors (Lipinski definition) is 1. The molecule has 0 radical (unpaired) electrons. The lowest BCUT2D eigenvalue weighted by Gasteiger charge is -2.10. The molecule has 1 N–H and O–H groups in total. The van der Waals surface area contributed by atoms with Gasteiger partial charge in [0.25, 0.3) is 0 Å². The lowest BCUT2D eigenvalue weighted by molar-refractivity contribution is 0.504. The van der Waals surface area contributed by atoms with E-state index >= 15 is 0 Å². The molecule has 1 saturated carbocycles. The van der Waals surface area contributed by atoms with Gasteiger partial charge in [-0.3, -0.25) is 0 Å². The van der Waals surface area contributed by atoms with Crippen molar-refractivity contribution in [2.24, 2.45) is 0 Å². The summed E-state index contributed by atoms with van der Waals surface area (Å²) in [6.07, 6.45) is 12.9. The van der Waals surface area contributed by atoms with Crippen molar-refractivity contribution in [2.45, 2.75) is 57.4 Å². The fourth-order valence-corrected chi connectivity index (χ4v) is 2.03. The molecule has 76 valence electrons. The third-order valence-electron chi connectivity index (χ3n) is 2.87. The Balaban J connectivity index is 1.80. The monoisotopic (exact) mass is 181 g/mol. The molecule has 0 saturated heterocycles. The van der Waals surface area contributed by atoms with E-state index in [9.17, 15) is 0 Å². The molecular formula is C12H23N. The maximum absolute atomic E-state index is 3.73. The van der Waals surface area contributed by atoms with Crippen LogP contribution in [-0.4, -0.2) is 12.6 Å². The van der Waals surface area contributed by atoms with Gasteiger partial charge in [-0.25, -0.2) is 0 Å². The van der Waals surface area contributed by atoms with Gasteiger partial charge in [0.2, 0.25) is 0 Å². The average molecular weight is 181 g/mol. The Morgan fingerprint density at radius 2 is 1.92 bits per heavy atom. The zero-order valence-electron chi connectivity index (χ0n) is 8.73. The molecule has 1 heteroatoms. The third kappa shape index (κ3) is 5.09. The molecule has 13 heavy (non-hydrogen) atoms. The molecular weight excluding hydrogens is 158 g/mol. The zero-order chi connectivity index (χ0) is 9.36. The van der Waals surface area contributed by atoms with Crippen LogP contribution in [0.5, 0.6) is 0 Å². The minimum Gasteiger partial charge on any atom is -0.314 e. The first kappa shape index (κ1) is 10.8. The van der Waals surface area contributed by atoms with Gasteiger partial charge in [0, 0.05) is 6.04 Å². The summed E-state index contributed by atoms with van der Waals surface area (Å²) in [5.41, 5.74) is 0. The van der Waals surface area contributed by atoms with Gasteiger partial charge in [-0.15, -0.1) is 6.58 Å². The van der Waals surface area contributed by atoms with E-state index in [2.05, 4.69) is 11.9 Å². The summed E-state index contributed by atoms with van der Waals surface area (Å²) in [6.45, 7) is 4.95. The highest BCUT2D eigenvalue weighted by atomic mass is 14.9. The Labute approximate surface area is 82.6 Å². The van der Waals surface area contributed by atoms with Gasteiger partial charge >= 0.3 is 0 Å². The first-order valence-electron chi connectivity index (χ1n) is 5.78. The van der Waals surface area contributed by atoms with E-state index in [0.29, 0.717) is 0 Å². The second kappa shape index (κ2) is 7.14. The number of hydrogen-bond donors (Lipinski definition) is 1. The Hall–Kier alpha value is -0.300. The van der Waals surface area contributed by atoms with Crippen LogP contribution < -0.4 is 5.32 Å². The maximum Gasteiger partial charge on any atom is 0.00670 e. The van der Waals surface area contributed by atoms with Crippen LogP contribution in [0.25, 0.3) is 0 Å². The van der Waals surface area contributed by atoms with E-state index in [-0.39, 0.29) is 0 Å². The smallest absolute Gasteiger partial charge is 0.00670 e. The van der Waals surface area contributed by atoms with Crippen molar-refractivity contribution in [1.82, 2.24) is 5.32 Å². The SMILES string of the molecule is C=CCCCCCNC1CCCC1. The van der Waals surface area contributed by atoms with Crippen LogP contribution in [0.2, 0.25) is 0 Å². The summed E-state index contributed by atoms with van der Waals surface area (Å²) in [5.74, 6) is 0. The Bertz CT molecular complexity index is 125. The standard InChI is InChI=1S/C12H23N/c1-2-3-4-5-8-11-13-12-9-6-7-10-12/h2,12-13H,1,3-11H2. The Morgan fingerprint density at radius 1 is 1.15 bits per heavy atom. The lowest BCUT2D eigenvalue weighted by atomic mass is 10.2.